The van der Waals surface area contributed by atoms with Crippen LogP contribution < -0.4 is 5.56 Å². The predicted octanol–water partition coefficient (Wildman–Crippen LogP) is 4.38. The SMILES string of the molecule is O=C(Cn1ncc2ccccc2c1=O)N1CCCC[C@@H]1c1ncc(Cc2ccccc2Cl)o1. The highest BCUT2D eigenvalue weighted by molar-refractivity contribution is 6.31. The summed E-state index contributed by atoms with van der Waals surface area (Å²) in [5.41, 5.74) is 0.688. The standard InChI is InChI=1S/C25H23ClN4O3/c26-21-10-4-2-7-17(21)13-19-15-27-24(33-19)22-11-5-6-12-29(22)23(31)16-30-25(32)20-9-3-1-8-18(20)14-28-30/h1-4,7-10,14-15,22H,5-6,11-13,16H2/t22-/m1/s1. The molecule has 0 spiro atoms. The molecule has 1 saturated heterocycles. The van der Waals surface area contributed by atoms with Crippen LogP contribution in [0.1, 0.15) is 42.5 Å². The van der Waals surface area contributed by atoms with Crippen molar-refractivity contribution < 1.29 is 9.21 Å². The summed E-state index contributed by atoms with van der Waals surface area (Å²) >= 11 is 6.27. The molecule has 0 aliphatic carbocycles. The number of amides is 1. The van der Waals surface area contributed by atoms with Gasteiger partial charge in [0.15, 0.2) is 0 Å². The molecule has 7 nitrogen and oxygen atoms in total. The fraction of sp³-hybridized carbons (Fsp3) is 0.280. The second-order valence-electron chi connectivity index (χ2n) is 8.23. The molecule has 1 amide bonds. The summed E-state index contributed by atoms with van der Waals surface area (Å²) in [6.07, 6.45) is 6.49. The molecule has 0 saturated carbocycles. The first kappa shape index (κ1) is 21.4. The molecule has 3 heterocycles. The van der Waals surface area contributed by atoms with Gasteiger partial charge in [0, 0.05) is 23.4 Å². The van der Waals surface area contributed by atoms with Crippen molar-refractivity contribution in [3.8, 4) is 0 Å². The number of nitrogens with zero attached hydrogens (tertiary/aromatic N) is 4. The molecule has 8 heteroatoms. The Morgan fingerprint density at radius 1 is 1.09 bits per heavy atom. The quantitative estimate of drug-likeness (QED) is 0.439. The van der Waals surface area contributed by atoms with Gasteiger partial charge in [0.1, 0.15) is 18.3 Å². The molecular formula is C25H23ClN4O3. The second-order valence-corrected chi connectivity index (χ2v) is 8.63. The number of aromatic nitrogens is 3. The number of carbonyl (C=O) groups is 1. The molecule has 1 fully saturated rings. The van der Waals surface area contributed by atoms with Crippen molar-refractivity contribution in [3.63, 3.8) is 0 Å². The van der Waals surface area contributed by atoms with Crippen molar-refractivity contribution >= 4 is 28.3 Å². The smallest absolute Gasteiger partial charge is 0.275 e. The first-order valence-electron chi connectivity index (χ1n) is 11.0. The third-order valence-electron chi connectivity index (χ3n) is 6.05. The van der Waals surface area contributed by atoms with Crippen molar-refractivity contribution in [2.24, 2.45) is 0 Å². The maximum absolute atomic E-state index is 13.2. The van der Waals surface area contributed by atoms with Crippen molar-refractivity contribution in [1.82, 2.24) is 19.7 Å². The Bertz CT molecular complexity index is 1360. The van der Waals surface area contributed by atoms with Gasteiger partial charge in [0.25, 0.3) is 5.56 Å². The average molecular weight is 463 g/mol. The van der Waals surface area contributed by atoms with E-state index in [9.17, 15) is 9.59 Å². The maximum Gasteiger partial charge on any atom is 0.275 e. The molecule has 0 radical (unpaired) electrons. The van der Waals surface area contributed by atoms with E-state index in [4.69, 9.17) is 16.0 Å². The van der Waals surface area contributed by atoms with E-state index in [1.807, 2.05) is 36.4 Å². The van der Waals surface area contributed by atoms with Gasteiger partial charge in [-0.1, -0.05) is 48.0 Å². The van der Waals surface area contributed by atoms with Gasteiger partial charge < -0.3 is 9.32 Å². The van der Waals surface area contributed by atoms with E-state index in [1.54, 1.807) is 29.4 Å². The van der Waals surface area contributed by atoms with Crippen LogP contribution in [0.5, 0.6) is 0 Å². The van der Waals surface area contributed by atoms with Crippen LogP contribution in [0.2, 0.25) is 5.02 Å². The minimum atomic E-state index is -0.270. The Kier molecular flexibility index (Phi) is 5.96. The molecular weight excluding hydrogens is 440 g/mol. The maximum atomic E-state index is 13.2. The normalized spacial score (nSPS) is 16.3. The van der Waals surface area contributed by atoms with Gasteiger partial charge in [-0.25, -0.2) is 9.67 Å². The summed E-state index contributed by atoms with van der Waals surface area (Å²) in [6, 6.07) is 14.6. The summed E-state index contributed by atoms with van der Waals surface area (Å²) in [5.74, 6) is 1.04. The van der Waals surface area contributed by atoms with Gasteiger partial charge >= 0.3 is 0 Å². The Labute approximate surface area is 195 Å². The van der Waals surface area contributed by atoms with Gasteiger partial charge in [0.05, 0.1) is 17.8 Å². The predicted molar refractivity (Wildman–Crippen MR) is 125 cm³/mol. The zero-order chi connectivity index (χ0) is 22.8. The van der Waals surface area contributed by atoms with Crippen LogP contribution >= 0.6 is 11.6 Å². The summed E-state index contributed by atoms with van der Waals surface area (Å²) in [4.78, 5) is 32.2. The van der Waals surface area contributed by atoms with E-state index < -0.39 is 0 Å². The Morgan fingerprint density at radius 2 is 1.91 bits per heavy atom. The number of hydrogen-bond donors (Lipinski definition) is 0. The number of fused-ring (bicyclic) bond motifs is 1. The van der Waals surface area contributed by atoms with Gasteiger partial charge in [-0.05, 0) is 37.0 Å². The number of likely N-dealkylation sites (tertiary alicyclic amines) is 1. The van der Waals surface area contributed by atoms with E-state index in [2.05, 4.69) is 10.1 Å². The first-order valence-corrected chi connectivity index (χ1v) is 11.4. The fourth-order valence-electron chi connectivity index (χ4n) is 4.33. The highest BCUT2D eigenvalue weighted by atomic mass is 35.5. The molecule has 0 unspecified atom stereocenters. The van der Waals surface area contributed by atoms with Crippen molar-refractivity contribution in [2.45, 2.75) is 38.3 Å². The number of carbonyl (C=O) groups excluding carboxylic acids is 1. The van der Waals surface area contributed by atoms with Crippen LogP contribution in [0.3, 0.4) is 0 Å². The van der Waals surface area contributed by atoms with E-state index in [1.165, 1.54) is 4.68 Å². The van der Waals surface area contributed by atoms with E-state index in [0.29, 0.717) is 35.0 Å². The second kappa shape index (κ2) is 9.19. The number of rotatable bonds is 5. The Balaban J connectivity index is 1.35. The molecule has 168 valence electrons. The van der Waals surface area contributed by atoms with E-state index >= 15 is 0 Å². The number of hydrogen-bond acceptors (Lipinski definition) is 5. The molecule has 4 aromatic rings. The third-order valence-corrected chi connectivity index (χ3v) is 6.42. The summed E-state index contributed by atoms with van der Waals surface area (Å²) in [5, 5.41) is 6.19. The van der Waals surface area contributed by atoms with Crippen LogP contribution in [-0.2, 0) is 17.8 Å². The number of oxazole rings is 1. The number of piperidine rings is 1. The number of benzene rings is 2. The molecule has 33 heavy (non-hydrogen) atoms. The molecule has 1 atom stereocenters. The Morgan fingerprint density at radius 3 is 2.79 bits per heavy atom. The molecule has 0 N–H and O–H groups in total. The van der Waals surface area contributed by atoms with E-state index in [0.717, 1.165) is 30.2 Å². The van der Waals surface area contributed by atoms with Crippen LogP contribution in [-0.4, -0.2) is 32.1 Å². The molecule has 1 aliphatic rings. The molecule has 2 aromatic heterocycles. The largest absolute Gasteiger partial charge is 0.443 e. The van der Waals surface area contributed by atoms with Crippen molar-refractivity contribution in [2.75, 3.05) is 6.54 Å². The highest BCUT2D eigenvalue weighted by Crippen LogP contribution is 2.31. The van der Waals surface area contributed by atoms with Gasteiger partial charge in [-0.2, -0.15) is 5.10 Å². The lowest BCUT2D eigenvalue weighted by atomic mass is 10.0. The lowest BCUT2D eigenvalue weighted by molar-refractivity contribution is -0.136. The fourth-order valence-corrected chi connectivity index (χ4v) is 4.54. The Hall–Kier alpha value is -3.45. The van der Waals surface area contributed by atoms with Crippen LogP contribution in [0.25, 0.3) is 10.8 Å². The van der Waals surface area contributed by atoms with Crippen LogP contribution in [0, 0.1) is 0 Å². The zero-order valence-electron chi connectivity index (χ0n) is 18.0. The summed E-state index contributed by atoms with van der Waals surface area (Å²) in [6.45, 7) is 0.474. The molecule has 0 bridgehead atoms. The molecule has 5 rings (SSSR count). The molecule has 2 aromatic carbocycles. The van der Waals surface area contributed by atoms with Crippen molar-refractivity contribution in [1.29, 1.82) is 0 Å². The summed E-state index contributed by atoms with van der Waals surface area (Å²) < 4.78 is 7.28. The first-order chi connectivity index (χ1) is 16.1. The highest BCUT2D eigenvalue weighted by Gasteiger charge is 2.31. The lowest BCUT2D eigenvalue weighted by Crippen LogP contribution is -2.42. The van der Waals surface area contributed by atoms with Gasteiger partial charge in [-0.3, -0.25) is 9.59 Å². The van der Waals surface area contributed by atoms with Crippen LogP contribution in [0.15, 0.2) is 70.1 Å². The topological polar surface area (TPSA) is 81.2 Å². The van der Waals surface area contributed by atoms with Crippen LogP contribution in [0.4, 0.5) is 0 Å². The third kappa shape index (κ3) is 4.41. The van der Waals surface area contributed by atoms with Crippen molar-refractivity contribution in [3.05, 3.63) is 93.5 Å². The minimum Gasteiger partial charge on any atom is -0.443 e. The minimum absolute atomic E-state index is 0.118. The average Bonchev–Trinajstić information content (AvgIpc) is 3.31. The summed E-state index contributed by atoms with van der Waals surface area (Å²) in [7, 11) is 0. The van der Waals surface area contributed by atoms with Gasteiger partial charge in [-0.15, -0.1) is 0 Å². The zero-order valence-corrected chi connectivity index (χ0v) is 18.7. The number of halogens is 1. The lowest BCUT2D eigenvalue weighted by Gasteiger charge is -2.33. The monoisotopic (exact) mass is 462 g/mol. The van der Waals surface area contributed by atoms with Gasteiger partial charge in [0.2, 0.25) is 11.8 Å². The van der Waals surface area contributed by atoms with E-state index in [-0.39, 0.29) is 24.1 Å². The molecule has 1 aliphatic heterocycles.